The van der Waals surface area contributed by atoms with Crippen molar-refractivity contribution < 1.29 is 14.3 Å². The molecule has 1 N–H and O–H groups in total. The second-order valence-corrected chi connectivity index (χ2v) is 7.13. The van der Waals surface area contributed by atoms with Crippen molar-refractivity contribution in [2.24, 2.45) is 0 Å². The van der Waals surface area contributed by atoms with E-state index in [0.29, 0.717) is 18.8 Å². The average molecular weight is 343 g/mol. The summed E-state index contributed by atoms with van der Waals surface area (Å²) in [5.74, 6) is -0.163. The Morgan fingerprint density at radius 3 is 2.64 bits per heavy atom. The first kappa shape index (κ1) is 16.3. The smallest absolute Gasteiger partial charge is 0.233 e. The van der Waals surface area contributed by atoms with Gasteiger partial charge in [-0.1, -0.05) is 12.1 Å². The number of carbonyl (C=O) groups excluding carboxylic acids is 1. The maximum absolute atomic E-state index is 13.2. The van der Waals surface area contributed by atoms with Gasteiger partial charge in [-0.3, -0.25) is 9.48 Å². The number of carbonyl (C=O) groups is 1. The first-order valence-corrected chi connectivity index (χ1v) is 8.80. The Hall–Kier alpha value is -2.21. The number of rotatable bonds is 3. The van der Waals surface area contributed by atoms with Crippen LogP contribution < -0.4 is 0 Å². The predicted octanol–water partition coefficient (Wildman–Crippen LogP) is 2.54. The lowest BCUT2D eigenvalue weighted by Gasteiger charge is -2.26. The third-order valence-corrected chi connectivity index (χ3v) is 5.30. The highest BCUT2D eigenvalue weighted by Crippen LogP contribution is 2.50. The molecule has 1 saturated carbocycles. The average Bonchev–Trinajstić information content (AvgIpc) is 3.34. The second-order valence-electron chi connectivity index (χ2n) is 7.13. The molecule has 2 aliphatic rings. The molecule has 1 aliphatic carbocycles. The highest BCUT2D eigenvalue weighted by molar-refractivity contribution is 5.91. The molecule has 132 valence electrons. The number of nitrogens with zero attached hydrogens (tertiary/aromatic N) is 3. The molecule has 1 aliphatic heterocycles. The van der Waals surface area contributed by atoms with E-state index in [1.807, 2.05) is 15.6 Å². The topological polar surface area (TPSA) is 58.4 Å². The zero-order valence-corrected chi connectivity index (χ0v) is 14.3. The summed E-state index contributed by atoms with van der Waals surface area (Å²) in [6.45, 7) is 3.63. The normalized spacial score (nSPS) is 19.9. The number of hydrogen-bond donors (Lipinski definition) is 1. The molecule has 0 bridgehead atoms. The molecule has 0 radical (unpaired) electrons. The van der Waals surface area contributed by atoms with Crippen molar-refractivity contribution in [2.75, 3.05) is 6.54 Å². The van der Waals surface area contributed by atoms with Gasteiger partial charge in [-0.2, -0.15) is 5.10 Å². The van der Waals surface area contributed by atoms with E-state index in [0.717, 1.165) is 37.1 Å². The van der Waals surface area contributed by atoms with Crippen LogP contribution in [0.1, 0.15) is 49.2 Å². The molecule has 25 heavy (non-hydrogen) atoms. The highest BCUT2D eigenvalue weighted by atomic mass is 19.1. The van der Waals surface area contributed by atoms with Crippen molar-refractivity contribution in [2.45, 2.75) is 50.8 Å². The monoisotopic (exact) mass is 343 g/mol. The van der Waals surface area contributed by atoms with Gasteiger partial charge in [0.2, 0.25) is 5.91 Å². The molecule has 0 unspecified atom stereocenters. The van der Waals surface area contributed by atoms with Crippen LogP contribution in [0.25, 0.3) is 0 Å². The van der Waals surface area contributed by atoms with Crippen LogP contribution in [0.2, 0.25) is 0 Å². The Kier molecular flexibility index (Phi) is 3.87. The molecule has 2 aromatic rings. The third kappa shape index (κ3) is 2.84. The first-order valence-electron chi connectivity index (χ1n) is 8.80. The van der Waals surface area contributed by atoms with Gasteiger partial charge in [-0.05, 0) is 49.9 Å². The summed E-state index contributed by atoms with van der Waals surface area (Å²) in [6, 6.07) is 8.19. The summed E-state index contributed by atoms with van der Waals surface area (Å²) >= 11 is 0. The molecule has 0 spiro atoms. The number of aliphatic hydroxyl groups excluding tert-OH is 1. The van der Waals surface area contributed by atoms with Crippen LogP contribution in [-0.4, -0.2) is 32.2 Å². The standard InChI is InChI=1S/C19H22FN3O2/c1-13(24)17-11-16-12-22(9-2-10-23(16)21-17)18(25)19(7-8-19)14-3-5-15(20)6-4-14/h3-6,11,13,24H,2,7-10,12H2,1H3/t13-/m1/s1. The molecule has 1 fully saturated rings. The Labute approximate surface area is 146 Å². The van der Waals surface area contributed by atoms with Crippen molar-refractivity contribution in [1.82, 2.24) is 14.7 Å². The van der Waals surface area contributed by atoms with Crippen LogP contribution in [0, 0.1) is 5.82 Å². The number of amides is 1. The Balaban J connectivity index is 1.58. The number of aromatic nitrogens is 2. The molecule has 5 nitrogen and oxygen atoms in total. The highest BCUT2D eigenvalue weighted by Gasteiger charge is 2.53. The van der Waals surface area contributed by atoms with Gasteiger partial charge in [0, 0.05) is 13.1 Å². The molecule has 1 amide bonds. The molecular formula is C19H22FN3O2. The van der Waals surface area contributed by atoms with Gasteiger partial charge >= 0.3 is 0 Å². The lowest BCUT2D eigenvalue weighted by atomic mass is 9.94. The summed E-state index contributed by atoms with van der Waals surface area (Å²) in [7, 11) is 0. The zero-order valence-electron chi connectivity index (χ0n) is 14.3. The Morgan fingerprint density at radius 1 is 1.28 bits per heavy atom. The second kappa shape index (κ2) is 5.95. The molecule has 0 saturated heterocycles. The Bertz CT molecular complexity index is 794. The molecule has 1 aromatic carbocycles. The first-order chi connectivity index (χ1) is 12.0. The van der Waals surface area contributed by atoms with Gasteiger partial charge in [0.1, 0.15) is 5.82 Å². The van der Waals surface area contributed by atoms with Crippen molar-refractivity contribution >= 4 is 5.91 Å². The number of benzene rings is 1. The summed E-state index contributed by atoms with van der Waals surface area (Å²) < 4.78 is 15.1. The van der Waals surface area contributed by atoms with E-state index >= 15 is 0 Å². The zero-order chi connectivity index (χ0) is 17.6. The summed E-state index contributed by atoms with van der Waals surface area (Å²) in [6.07, 6.45) is 1.84. The fourth-order valence-electron chi connectivity index (χ4n) is 3.68. The van der Waals surface area contributed by atoms with Gasteiger partial charge in [0.05, 0.1) is 29.5 Å². The minimum absolute atomic E-state index is 0.118. The SMILES string of the molecule is C[C@@H](O)c1cc2n(n1)CCCN(C(=O)C1(c3ccc(F)cc3)CC1)C2. The molecule has 1 atom stereocenters. The van der Waals surface area contributed by atoms with Crippen LogP contribution >= 0.6 is 0 Å². The Morgan fingerprint density at radius 2 is 2.00 bits per heavy atom. The fourth-order valence-corrected chi connectivity index (χ4v) is 3.68. The van der Waals surface area contributed by atoms with Crippen molar-refractivity contribution in [3.8, 4) is 0 Å². The van der Waals surface area contributed by atoms with E-state index in [4.69, 9.17) is 0 Å². The van der Waals surface area contributed by atoms with Crippen LogP contribution in [0.4, 0.5) is 4.39 Å². The molecule has 4 rings (SSSR count). The molecule has 1 aromatic heterocycles. The van der Waals surface area contributed by atoms with Crippen LogP contribution in [0.15, 0.2) is 30.3 Å². The lowest BCUT2D eigenvalue weighted by molar-refractivity contribution is -0.134. The van der Waals surface area contributed by atoms with Gasteiger partial charge in [-0.25, -0.2) is 4.39 Å². The number of fused-ring (bicyclic) bond motifs is 1. The maximum Gasteiger partial charge on any atom is 0.233 e. The van der Waals surface area contributed by atoms with Crippen molar-refractivity contribution in [3.63, 3.8) is 0 Å². The number of hydrogen-bond acceptors (Lipinski definition) is 3. The van der Waals surface area contributed by atoms with E-state index in [1.165, 1.54) is 12.1 Å². The van der Waals surface area contributed by atoms with Crippen molar-refractivity contribution in [1.29, 1.82) is 0 Å². The van der Waals surface area contributed by atoms with E-state index in [-0.39, 0.29) is 11.7 Å². The minimum atomic E-state index is -0.613. The van der Waals surface area contributed by atoms with Crippen LogP contribution in [0.3, 0.4) is 0 Å². The van der Waals surface area contributed by atoms with Crippen molar-refractivity contribution in [3.05, 3.63) is 53.1 Å². The fraction of sp³-hybridized carbons (Fsp3) is 0.474. The van der Waals surface area contributed by atoms with E-state index < -0.39 is 11.5 Å². The van der Waals surface area contributed by atoms with Gasteiger partial charge in [-0.15, -0.1) is 0 Å². The summed E-state index contributed by atoms with van der Waals surface area (Å²) in [5, 5.41) is 14.2. The number of aryl methyl sites for hydroxylation is 1. The summed E-state index contributed by atoms with van der Waals surface area (Å²) in [5.41, 5.74) is 2.01. The third-order valence-electron chi connectivity index (χ3n) is 5.30. The summed E-state index contributed by atoms with van der Waals surface area (Å²) in [4.78, 5) is 15.1. The quantitative estimate of drug-likeness (QED) is 0.932. The minimum Gasteiger partial charge on any atom is -0.387 e. The molecular weight excluding hydrogens is 321 g/mol. The van der Waals surface area contributed by atoms with Gasteiger partial charge < -0.3 is 10.0 Å². The van der Waals surface area contributed by atoms with E-state index in [9.17, 15) is 14.3 Å². The number of halogens is 1. The predicted molar refractivity (Wildman–Crippen MR) is 90.2 cm³/mol. The van der Waals surface area contributed by atoms with Gasteiger partial charge in [0.15, 0.2) is 0 Å². The molecule has 6 heteroatoms. The molecule has 2 heterocycles. The maximum atomic E-state index is 13.2. The lowest BCUT2D eigenvalue weighted by Crippen LogP contribution is -2.39. The largest absolute Gasteiger partial charge is 0.387 e. The van der Waals surface area contributed by atoms with Crippen LogP contribution in [-0.2, 0) is 23.3 Å². The van der Waals surface area contributed by atoms with E-state index in [2.05, 4.69) is 5.10 Å². The van der Waals surface area contributed by atoms with Gasteiger partial charge in [0.25, 0.3) is 0 Å². The van der Waals surface area contributed by atoms with E-state index in [1.54, 1.807) is 19.1 Å². The number of aliphatic hydroxyl groups is 1. The van der Waals surface area contributed by atoms with Crippen LogP contribution in [0.5, 0.6) is 0 Å².